The van der Waals surface area contributed by atoms with Crippen LogP contribution in [0.2, 0.25) is 0 Å². The van der Waals surface area contributed by atoms with Crippen LogP contribution in [0.4, 0.5) is 0 Å². The van der Waals surface area contributed by atoms with Gasteiger partial charge in [-0.15, -0.1) is 0 Å². The highest BCUT2D eigenvalue weighted by Crippen LogP contribution is 2.11. The van der Waals surface area contributed by atoms with Crippen LogP contribution < -0.4 is 0 Å². The molecule has 1 atom stereocenters. The van der Waals surface area contributed by atoms with Gasteiger partial charge in [-0.2, -0.15) is 0 Å². The molecule has 1 unspecified atom stereocenters. The highest BCUT2D eigenvalue weighted by molar-refractivity contribution is 5.76. The van der Waals surface area contributed by atoms with Gasteiger partial charge in [0.2, 0.25) is 5.91 Å². The van der Waals surface area contributed by atoms with E-state index in [1.165, 1.54) is 32.1 Å². The van der Waals surface area contributed by atoms with Crippen molar-refractivity contribution in [2.24, 2.45) is 5.92 Å². The minimum absolute atomic E-state index is 0.219. The third kappa shape index (κ3) is 12.9. The van der Waals surface area contributed by atoms with Gasteiger partial charge in [-0.1, -0.05) is 59.3 Å². The van der Waals surface area contributed by atoms with Crippen molar-refractivity contribution in [2.45, 2.75) is 91.6 Å². The second-order valence-corrected chi connectivity index (χ2v) is 6.74. The molecule has 21 heavy (non-hydrogen) atoms. The number of aliphatic hydroxyl groups excluding tert-OH is 1. The number of carbonyl (C=O) groups excluding carboxylic acids is 1. The molecule has 0 fully saturated rings. The quantitative estimate of drug-likeness (QED) is 0.513. The Bertz CT molecular complexity index is 252. The zero-order chi connectivity index (χ0) is 16.1. The molecule has 0 spiro atoms. The summed E-state index contributed by atoms with van der Waals surface area (Å²) in [5.74, 6) is 0.975. The minimum atomic E-state index is -0.430. The fraction of sp³-hybridized carbons (Fsp3) is 0.944. The number of nitrogens with zero attached hydrogens (tertiary/aromatic N) is 1. The maximum atomic E-state index is 12.3. The van der Waals surface area contributed by atoms with E-state index >= 15 is 0 Å². The lowest BCUT2D eigenvalue weighted by molar-refractivity contribution is -0.132. The summed E-state index contributed by atoms with van der Waals surface area (Å²) < 4.78 is 0. The fourth-order valence-corrected chi connectivity index (χ4v) is 2.53. The van der Waals surface area contributed by atoms with Crippen molar-refractivity contribution in [1.29, 1.82) is 0 Å². The maximum absolute atomic E-state index is 12.3. The summed E-state index contributed by atoms with van der Waals surface area (Å²) in [6.07, 6.45) is 9.47. The topological polar surface area (TPSA) is 40.5 Å². The normalized spacial score (nSPS) is 12.7. The maximum Gasteiger partial charge on any atom is 0.222 e. The summed E-state index contributed by atoms with van der Waals surface area (Å²) in [6, 6.07) is 0. The number of aliphatic hydroxyl groups is 1. The van der Waals surface area contributed by atoms with Crippen molar-refractivity contribution in [3.63, 3.8) is 0 Å². The van der Waals surface area contributed by atoms with Crippen LogP contribution in [0, 0.1) is 5.92 Å². The summed E-state index contributed by atoms with van der Waals surface area (Å²) in [7, 11) is 0. The highest BCUT2D eigenvalue weighted by Gasteiger charge is 2.14. The molecule has 0 heterocycles. The van der Waals surface area contributed by atoms with Gasteiger partial charge in [0.25, 0.3) is 0 Å². The minimum Gasteiger partial charge on any atom is -0.392 e. The predicted molar refractivity (Wildman–Crippen MR) is 90.3 cm³/mol. The third-order valence-electron chi connectivity index (χ3n) is 3.79. The molecule has 1 N–H and O–H groups in total. The molecule has 0 radical (unpaired) electrons. The van der Waals surface area contributed by atoms with Crippen LogP contribution in [0.25, 0.3) is 0 Å². The molecule has 0 aromatic heterocycles. The Balaban J connectivity index is 3.95. The van der Waals surface area contributed by atoms with Gasteiger partial charge in [-0.05, 0) is 25.7 Å². The molecule has 0 aliphatic heterocycles. The Labute approximate surface area is 132 Å². The molecule has 3 heteroatoms. The van der Waals surface area contributed by atoms with E-state index in [0.29, 0.717) is 13.0 Å². The first kappa shape index (κ1) is 20.4. The molecule has 126 valence electrons. The number of hydrogen-bond acceptors (Lipinski definition) is 2. The molecule has 0 bridgehead atoms. The molecule has 0 saturated heterocycles. The van der Waals surface area contributed by atoms with Crippen molar-refractivity contribution in [3.8, 4) is 0 Å². The van der Waals surface area contributed by atoms with E-state index in [1.807, 2.05) is 4.90 Å². The molecular weight excluding hydrogens is 262 g/mol. The molecule has 0 aromatic rings. The van der Waals surface area contributed by atoms with Crippen molar-refractivity contribution >= 4 is 5.91 Å². The number of rotatable bonds is 13. The van der Waals surface area contributed by atoms with Crippen molar-refractivity contribution in [1.82, 2.24) is 4.90 Å². The van der Waals surface area contributed by atoms with Crippen molar-refractivity contribution in [3.05, 3.63) is 0 Å². The molecule has 0 aliphatic rings. The zero-order valence-corrected chi connectivity index (χ0v) is 14.7. The predicted octanol–water partition coefficient (Wildman–Crippen LogP) is 4.38. The molecule has 0 rings (SSSR count). The van der Waals surface area contributed by atoms with Crippen molar-refractivity contribution < 1.29 is 9.90 Å². The van der Waals surface area contributed by atoms with Gasteiger partial charge in [-0.25, -0.2) is 0 Å². The first-order valence-corrected chi connectivity index (χ1v) is 8.93. The Morgan fingerprint density at radius 1 is 1.00 bits per heavy atom. The van der Waals surface area contributed by atoms with E-state index in [-0.39, 0.29) is 5.91 Å². The number of hydrogen-bond donors (Lipinski definition) is 1. The highest BCUT2D eigenvalue weighted by atomic mass is 16.3. The Kier molecular flexibility index (Phi) is 12.8. The molecular formula is C18H37NO2. The summed E-state index contributed by atoms with van der Waals surface area (Å²) >= 11 is 0. The van der Waals surface area contributed by atoms with Crippen LogP contribution in [0.5, 0.6) is 0 Å². The van der Waals surface area contributed by atoms with E-state index < -0.39 is 6.10 Å². The van der Waals surface area contributed by atoms with Crippen molar-refractivity contribution in [2.75, 3.05) is 13.1 Å². The zero-order valence-electron chi connectivity index (χ0n) is 14.7. The first-order valence-electron chi connectivity index (χ1n) is 8.93. The van der Waals surface area contributed by atoms with Gasteiger partial charge >= 0.3 is 0 Å². The van der Waals surface area contributed by atoms with E-state index in [4.69, 9.17) is 0 Å². The molecule has 3 nitrogen and oxygen atoms in total. The molecule has 0 saturated carbocycles. The van der Waals surface area contributed by atoms with Gasteiger partial charge in [0, 0.05) is 19.5 Å². The lowest BCUT2D eigenvalue weighted by Gasteiger charge is -2.24. The molecule has 1 amide bonds. The second kappa shape index (κ2) is 13.1. The average molecular weight is 299 g/mol. The largest absolute Gasteiger partial charge is 0.392 e. The fourth-order valence-electron chi connectivity index (χ4n) is 2.53. The summed E-state index contributed by atoms with van der Waals surface area (Å²) in [6.45, 7) is 9.72. The van der Waals surface area contributed by atoms with E-state index in [1.54, 1.807) is 6.92 Å². The lowest BCUT2D eigenvalue weighted by Crippen LogP contribution is -2.37. The van der Waals surface area contributed by atoms with Crippen LogP contribution in [0.1, 0.15) is 85.5 Å². The smallest absolute Gasteiger partial charge is 0.222 e. The molecule has 0 aromatic carbocycles. The SMILES string of the molecule is CCCCCCN(CC(C)O)C(=O)CCCCCC(C)C. The number of unbranched alkanes of at least 4 members (excludes halogenated alkanes) is 5. The number of amides is 1. The van der Waals surface area contributed by atoms with Crippen LogP contribution >= 0.6 is 0 Å². The summed E-state index contributed by atoms with van der Waals surface area (Å²) in [5.41, 5.74) is 0. The van der Waals surface area contributed by atoms with E-state index in [2.05, 4.69) is 20.8 Å². The third-order valence-corrected chi connectivity index (χ3v) is 3.79. The second-order valence-electron chi connectivity index (χ2n) is 6.74. The van der Waals surface area contributed by atoms with Crippen LogP contribution in [-0.2, 0) is 4.79 Å². The summed E-state index contributed by atoms with van der Waals surface area (Å²) in [4.78, 5) is 14.1. The van der Waals surface area contributed by atoms with Gasteiger partial charge in [0.15, 0.2) is 0 Å². The average Bonchev–Trinajstić information content (AvgIpc) is 2.40. The van der Waals surface area contributed by atoms with Gasteiger partial charge in [0.1, 0.15) is 0 Å². The van der Waals surface area contributed by atoms with Gasteiger partial charge in [-0.3, -0.25) is 4.79 Å². The van der Waals surface area contributed by atoms with Gasteiger partial charge in [0.05, 0.1) is 6.10 Å². The monoisotopic (exact) mass is 299 g/mol. The van der Waals surface area contributed by atoms with Crippen LogP contribution in [0.15, 0.2) is 0 Å². The van der Waals surface area contributed by atoms with E-state index in [0.717, 1.165) is 31.7 Å². The summed E-state index contributed by atoms with van der Waals surface area (Å²) in [5, 5.41) is 9.55. The molecule has 0 aliphatic carbocycles. The van der Waals surface area contributed by atoms with Gasteiger partial charge < -0.3 is 10.0 Å². The number of carbonyl (C=O) groups is 1. The van der Waals surface area contributed by atoms with Crippen LogP contribution in [0.3, 0.4) is 0 Å². The first-order chi connectivity index (χ1) is 9.97. The standard InChI is InChI=1S/C18H37NO2/c1-5-6-7-11-14-19(15-17(4)20)18(21)13-10-8-9-12-16(2)3/h16-17,20H,5-15H2,1-4H3. The lowest BCUT2D eigenvalue weighted by atomic mass is 10.0. The Morgan fingerprint density at radius 2 is 1.67 bits per heavy atom. The Morgan fingerprint density at radius 3 is 2.24 bits per heavy atom. The van der Waals surface area contributed by atoms with Crippen LogP contribution in [-0.4, -0.2) is 35.1 Å². The Hall–Kier alpha value is -0.570. The van der Waals surface area contributed by atoms with E-state index in [9.17, 15) is 9.90 Å².